The number of fused-ring (bicyclic) bond motifs is 5. The Kier molecular flexibility index (Phi) is 4.91. The Morgan fingerprint density at radius 1 is 0.958 bits per heavy atom. The van der Waals surface area contributed by atoms with Gasteiger partial charge in [-0.15, -0.1) is 0 Å². The summed E-state index contributed by atoms with van der Waals surface area (Å²) in [4.78, 5) is 0. The Labute approximate surface area is 146 Å². The molecule has 2 N–H and O–H groups in total. The summed E-state index contributed by atoms with van der Waals surface area (Å²) in [5.41, 5.74) is 1.28. The number of hydrogen-bond donors (Lipinski definition) is 2. The Hall–Kier alpha value is -0.390. The predicted octanol–water partition coefficient (Wildman–Crippen LogP) is 4.93. The average Bonchev–Trinajstić information content (AvgIpc) is 2.86. The molecule has 0 amide bonds. The minimum atomic E-state index is -4.67. The highest BCUT2D eigenvalue weighted by atomic mass is 32.3. The van der Waals surface area contributed by atoms with Crippen molar-refractivity contribution in [3.05, 3.63) is 12.2 Å². The lowest BCUT2D eigenvalue weighted by molar-refractivity contribution is -0.0969. The highest BCUT2D eigenvalue weighted by molar-refractivity contribution is 7.79. The third-order valence-electron chi connectivity index (χ3n) is 7.91. The zero-order chi connectivity index (χ0) is 17.6. The standard InChI is InChI=1S/C19H30.H2O4S/c1-18-11-5-7-16(18)15-9-8-14-6-3-4-12-19(14,2)17(15)10-13-18;1-5(2,3)4/h5,11,14-17H,3-4,6-10,12-13H2,1-2H3;(H2,1,2,3,4)/t14?,15-,16-,17-,18-,19-;/m0./s1. The van der Waals surface area contributed by atoms with E-state index in [0.717, 1.165) is 23.7 Å². The number of allylic oxidation sites excluding steroid dienone is 2. The predicted molar refractivity (Wildman–Crippen MR) is 95.0 cm³/mol. The molecule has 0 aromatic rings. The molecule has 4 aliphatic carbocycles. The molecule has 4 aliphatic rings. The molecule has 3 fully saturated rings. The Morgan fingerprint density at radius 2 is 1.67 bits per heavy atom. The van der Waals surface area contributed by atoms with Crippen molar-refractivity contribution in [2.75, 3.05) is 0 Å². The van der Waals surface area contributed by atoms with E-state index in [-0.39, 0.29) is 0 Å². The second-order valence-corrected chi connectivity index (χ2v) is 9.93. The van der Waals surface area contributed by atoms with Crippen LogP contribution in [0, 0.1) is 34.5 Å². The maximum atomic E-state index is 8.74. The average molecular weight is 357 g/mol. The van der Waals surface area contributed by atoms with Crippen molar-refractivity contribution in [3.63, 3.8) is 0 Å². The molecule has 4 rings (SSSR count). The first-order valence-corrected chi connectivity index (χ1v) is 10.9. The molecule has 5 heteroatoms. The van der Waals surface area contributed by atoms with Crippen LogP contribution in [0.25, 0.3) is 0 Å². The van der Waals surface area contributed by atoms with E-state index in [1.165, 1.54) is 38.5 Å². The first-order valence-electron chi connectivity index (χ1n) is 9.51. The minimum absolute atomic E-state index is 0.568. The summed E-state index contributed by atoms with van der Waals surface area (Å²) in [7, 11) is -4.67. The molecule has 138 valence electrons. The van der Waals surface area contributed by atoms with Gasteiger partial charge in [0, 0.05) is 0 Å². The molecule has 4 nitrogen and oxygen atoms in total. The zero-order valence-electron chi connectivity index (χ0n) is 14.9. The van der Waals surface area contributed by atoms with Crippen LogP contribution in [0.15, 0.2) is 12.2 Å². The fraction of sp³-hybridized carbons (Fsp3) is 0.895. The van der Waals surface area contributed by atoms with Gasteiger partial charge in [-0.25, -0.2) is 0 Å². The van der Waals surface area contributed by atoms with Crippen molar-refractivity contribution in [2.45, 2.75) is 71.6 Å². The molecule has 24 heavy (non-hydrogen) atoms. The summed E-state index contributed by atoms with van der Waals surface area (Å²) in [5.74, 6) is 4.17. The monoisotopic (exact) mass is 356 g/mol. The summed E-state index contributed by atoms with van der Waals surface area (Å²) in [6, 6.07) is 0. The second kappa shape index (κ2) is 6.40. The topological polar surface area (TPSA) is 74.6 Å². The molecule has 6 atom stereocenters. The fourth-order valence-electron chi connectivity index (χ4n) is 6.78. The van der Waals surface area contributed by atoms with Crippen LogP contribution in [0.2, 0.25) is 0 Å². The van der Waals surface area contributed by atoms with E-state index in [1.54, 1.807) is 19.3 Å². The van der Waals surface area contributed by atoms with Gasteiger partial charge in [-0.2, -0.15) is 8.42 Å². The molecule has 0 radical (unpaired) electrons. The van der Waals surface area contributed by atoms with Crippen LogP contribution in [0.3, 0.4) is 0 Å². The van der Waals surface area contributed by atoms with Gasteiger partial charge >= 0.3 is 10.4 Å². The molecule has 0 aliphatic heterocycles. The Bertz CT molecular complexity index is 590. The molecule has 0 heterocycles. The molecule has 3 saturated carbocycles. The molecule has 0 aromatic heterocycles. The van der Waals surface area contributed by atoms with Crippen LogP contribution in [0.5, 0.6) is 0 Å². The summed E-state index contributed by atoms with van der Waals surface area (Å²) in [5, 5.41) is 0. The van der Waals surface area contributed by atoms with E-state index < -0.39 is 10.4 Å². The van der Waals surface area contributed by atoms with E-state index in [1.807, 2.05) is 0 Å². The largest absolute Gasteiger partial charge is 0.394 e. The van der Waals surface area contributed by atoms with Gasteiger partial charge in [0.05, 0.1) is 0 Å². The maximum absolute atomic E-state index is 8.74. The lowest BCUT2D eigenvalue weighted by atomic mass is 9.45. The van der Waals surface area contributed by atoms with Gasteiger partial charge in [-0.3, -0.25) is 9.11 Å². The van der Waals surface area contributed by atoms with Crippen molar-refractivity contribution in [3.8, 4) is 0 Å². The first kappa shape index (κ1) is 18.4. The number of hydrogen-bond acceptors (Lipinski definition) is 2. The summed E-state index contributed by atoms with van der Waals surface area (Å²) >= 11 is 0. The second-order valence-electron chi connectivity index (χ2n) is 9.03. The van der Waals surface area contributed by atoms with E-state index in [9.17, 15) is 0 Å². The van der Waals surface area contributed by atoms with Crippen molar-refractivity contribution in [1.29, 1.82) is 0 Å². The SMILES string of the molecule is C[C@@]12C=CC[C@H]1[C@@H]1CCC3CCCC[C@]3(C)[C@H]1CC2.O=S(=O)(O)O. The molecule has 1 unspecified atom stereocenters. The van der Waals surface area contributed by atoms with Crippen LogP contribution < -0.4 is 0 Å². The van der Waals surface area contributed by atoms with Crippen LogP contribution in [-0.4, -0.2) is 17.5 Å². The lowest BCUT2D eigenvalue weighted by Gasteiger charge is -2.59. The van der Waals surface area contributed by atoms with E-state index in [0.29, 0.717) is 10.8 Å². The summed E-state index contributed by atoms with van der Waals surface area (Å²) in [6.07, 6.45) is 18.7. The van der Waals surface area contributed by atoms with Crippen molar-refractivity contribution in [1.82, 2.24) is 0 Å². The highest BCUT2D eigenvalue weighted by Gasteiger charge is 2.56. The zero-order valence-corrected chi connectivity index (χ0v) is 15.8. The van der Waals surface area contributed by atoms with Crippen molar-refractivity contribution in [2.24, 2.45) is 34.5 Å². The molecule has 0 spiro atoms. The minimum Gasteiger partial charge on any atom is -0.264 e. The molecular formula is C19H32O4S. The van der Waals surface area contributed by atoms with E-state index in [2.05, 4.69) is 26.0 Å². The van der Waals surface area contributed by atoms with Crippen LogP contribution in [0.1, 0.15) is 71.6 Å². The van der Waals surface area contributed by atoms with Gasteiger partial charge in [0.1, 0.15) is 0 Å². The van der Waals surface area contributed by atoms with Gasteiger partial charge in [-0.05, 0) is 79.4 Å². The molecular weight excluding hydrogens is 324 g/mol. The fourth-order valence-corrected chi connectivity index (χ4v) is 6.78. The quantitative estimate of drug-likeness (QED) is 0.476. The van der Waals surface area contributed by atoms with Gasteiger partial charge in [0.25, 0.3) is 0 Å². The third-order valence-corrected chi connectivity index (χ3v) is 7.91. The van der Waals surface area contributed by atoms with Crippen LogP contribution in [-0.2, 0) is 10.4 Å². The van der Waals surface area contributed by atoms with Gasteiger partial charge < -0.3 is 0 Å². The normalized spacial score (nSPS) is 47.0. The van der Waals surface area contributed by atoms with Crippen molar-refractivity contribution >= 4 is 10.4 Å². The Balaban J connectivity index is 0.000000300. The molecule has 0 saturated heterocycles. The van der Waals surface area contributed by atoms with Crippen LogP contribution >= 0.6 is 0 Å². The third kappa shape index (κ3) is 3.45. The Morgan fingerprint density at radius 3 is 2.38 bits per heavy atom. The summed E-state index contributed by atoms with van der Waals surface area (Å²) < 4.78 is 31.6. The van der Waals surface area contributed by atoms with E-state index >= 15 is 0 Å². The van der Waals surface area contributed by atoms with Gasteiger partial charge in [-0.1, -0.05) is 38.8 Å². The van der Waals surface area contributed by atoms with Gasteiger partial charge in [0.15, 0.2) is 0 Å². The maximum Gasteiger partial charge on any atom is 0.394 e. The molecule has 0 bridgehead atoms. The van der Waals surface area contributed by atoms with E-state index in [4.69, 9.17) is 17.5 Å². The summed E-state index contributed by atoms with van der Waals surface area (Å²) in [6.45, 7) is 5.23. The first-order chi connectivity index (χ1) is 11.1. The molecule has 0 aromatic carbocycles. The van der Waals surface area contributed by atoms with Crippen molar-refractivity contribution < 1.29 is 17.5 Å². The highest BCUT2D eigenvalue weighted by Crippen LogP contribution is 2.64. The lowest BCUT2D eigenvalue weighted by Crippen LogP contribution is -2.51. The van der Waals surface area contributed by atoms with Crippen LogP contribution in [0.4, 0.5) is 0 Å². The van der Waals surface area contributed by atoms with Gasteiger partial charge in [0.2, 0.25) is 0 Å². The number of rotatable bonds is 0. The smallest absolute Gasteiger partial charge is 0.264 e.